The summed E-state index contributed by atoms with van der Waals surface area (Å²) in [6.45, 7) is 2.03. The number of nitrogens with zero attached hydrogens (tertiary/aromatic N) is 2. The maximum Gasteiger partial charge on any atom is 0.340 e. The van der Waals surface area contributed by atoms with E-state index in [2.05, 4.69) is 20.6 Å². The predicted octanol–water partition coefficient (Wildman–Crippen LogP) is 3.65. The van der Waals surface area contributed by atoms with Crippen molar-refractivity contribution in [1.82, 2.24) is 9.97 Å². The molecule has 0 aliphatic carbocycles. The summed E-state index contributed by atoms with van der Waals surface area (Å²) in [4.78, 5) is 32.6. The summed E-state index contributed by atoms with van der Waals surface area (Å²) in [5.41, 5.74) is 1.78. The van der Waals surface area contributed by atoms with E-state index >= 15 is 0 Å². The maximum absolute atomic E-state index is 12.4. The van der Waals surface area contributed by atoms with Crippen LogP contribution in [0, 0.1) is 0 Å². The van der Waals surface area contributed by atoms with Gasteiger partial charge in [0.15, 0.2) is 0 Å². The van der Waals surface area contributed by atoms with Crippen molar-refractivity contribution < 1.29 is 14.3 Å². The van der Waals surface area contributed by atoms with Gasteiger partial charge in [0.1, 0.15) is 17.8 Å². The van der Waals surface area contributed by atoms with Gasteiger partial charge in [0.05, 0.1) is 17.9 Å². The first kappa shape index (κ1) is 18.1. The molecule has 0 unspecified atom stereocenters. The van der Waals surface area contributed by atoms with Crippen molar-refractivity contribution in [2.75, 3.05) is 17.2 Å². The molecule has 1 aromatic heterocycles. The summed E-state index contributed by atoms with van der Waals surface area (Å²) in [6, 6.07) is 17.5. The zero-order valence-electron chi connectivity index (χ0n) is 14.7. The third kappa shape index (κ3) is 4.66. The number of rotatable bonds is 6. The van der Waals surface area contributed by atoms with Crippen LogP contribution >= 0.6 is 0 Å². The third-order valence-corrected chi connectivity index (χ3v) is 3.62. The Labute approximate surface area is 156 Å². The van der Waals surface area contributed by atoms with Gasteiger partial charge in [-0.3, -0.25) is 4.79 Å². The minimum absolute atomic E-state index is 0.199. The number of aromatic nitrogens is 2. The number of esters is 1. The zero-order valence-corrected chi connectivity index (χ0v) is 14.7. The number of nitrogens with one attached hydrogen (secondary N) is 2. The number of hydrogen-bond acceptors (Lipinski definition) is 6. The van der Waals surface area contributed by atoms with Crippen molar-refractivity contribution in [3.8, 4) is 0 Å². The molecular weight excluding hydrogens is 344 g/mol. The molecule has 0 aliphatic rings. The van der Waals surface area contributed by atoms with E-state index in [1.165, 1.54) is 12.4 Å². The van der Waals surface area contributed by atoms with Crippen LogP contribution in [0.2, 0.25) is 0 Å². The van der Waals surface area contributed by atoms with Crippen LogP contribution in [0.1, 0.15) is 27.8 Å². The Morgan fingerprint density at radius 2 is 1.74 bits per heavy atom. The fraction of sp³-hybridized carbons (Fsp3) is 0.100. The number of benzene rings is 2. The minimum atomic E-state index is -0.434. The quantitative estimate of drug-likeness (QED) is 0.650. The number of carbonyl (C=O) groups excluding carboxylic acids is 2. The minimum Gasteiger partial charge on any atom is -0.462 e. The number of carbonyl (C=O) groups is 2. The molecule has 136 valence electrons. The molecule has 3 rings (SSSR count). The first-order valence-electron chi connectivity index (χ1n) is 8.39. The van der Waals surface area contributed by atoms with Gasteiger partial charge in [0, 0.05) is 11.8 Å². The predicted molar refractivity (Wildman–Crippen MR) is 102 cm³/mol. The van der Waals surface area contributed by atoms with E-state index < -0.39 is 5.97 Å². The number of para-hydroxylation sites is 2. The van der Waals surface area contributed by atoms with Gasteiger partial charge < -0.3 is 15.4 Å². The fourth-order valence-corrected chi connectivity index (χ4v) is 2.38. The van der Waals surface area contributed by atoms with Crippen LogP contribution in [0.15, 0.2) is 67.0 Å². The molecule has 7 nitrogen and oxygen atoms in total. The molecule has 27 heavy (non-hydrogen) atoms. The summed E-state index contributed by atoms with van der Waals surface area (Å²) in [7, 11) is 0. The lowest BCUT2D eigenvalue weighted by molar-refractivity contribution is 0.0527. The first-order valence-corrected chi connectivity index (χ1v) is 8.39. The maximum atomic E-state index is 12.4. The largest absolute Gasteiger partial charge is 0.462 e. The summed E-state index contributed by atoms with van der Waals surface area (Å²) in [6.07, 6.45) is 1.29. The summed E-state index contributed by atoms with van der Waals surface area (Å²) < 4.78 is 5.06. The van der Waals surface area contributed by atoms with E-state index in [1.807, 2.05) is 18.2 Å². The Kier molecular flexibility index (Phi) is 5.73. The van der Waals surface area contributed by atoms with Gasteiger partial charge in [0.2, 0.25) is 0 Å². The number of amides is 1. The molecule has 3 aromatic rings. The molecule has 0 saturated heterocycles. The van der Waals surface area contributed by atoms with Crippen molar-refractivity contribution in [3.63, 3.8) is 0 Å². The van der Waals surface area contributed by atoms with E-state index in [1.54, 1.807) is 43.3 Å². The van der Waals surface area contributed by atoms with Crippen LogP contribution in [0.25, 0.3) is 0 Å². The molecule has 0 bridgehead atoms. The molecule has 1 amide bonds. The highest BCUT2D eigenvalue weighted by atomic mass is 16.5. The first-order chi connectivity index (χ1) is 13.2. The SMILES string of the molecule is CCOC(=O)c1ccccc1Nc1cc(C(=O)Nc2ccccc2)ncn1. The van der Waals surface area contributed by atoms with Gasteiger partial charge in [-0.05, 0) is 31.2 Å². The fourth-order valence-electron chi connectivity index (χ4n) is 2.38. The van der Waals surface area contributed by atoms with Crippen LogP contribution in [0.5, 0.6) is 0 Å². The van der Waals surface area contributed by atoms with Crippen LogP contribution in [-0.2, 0) is 4.74 Å². The summed E-state index contributed by atoms with van der Waals surface area (Å²) in [5, 5.41) is 5.80. The lowest BCUT2D eigenvalue weighted by atomic mass is 10.2. The summed E-state index contributed by atoms with van der Waals surface area (Å²) >= 11 is 0. The van der Waals surface area contributed by atoms with E-state index in [9.17, 15) is 9.59 Å². The lowest BCUT2D eigenvalue weighted by Gasteiger charge is -2.11. The van der Waals surface area contributed by atoms with Crippen molar-refractivity contribution in [2.24, 2.45) is 0 Å². The molecule has 7 heteroatoms. The number of hydrogen-bond donors (Lipinski definition) is 2. The second-order valence-corrected chi connectivity index (χ2v) is 5.50. The van der Waals surface area contributed by atoms with Gasteiger partial charge >= 0.3 is 5.97 Å². The summed E-state index contributed by atoms with van der Waals surface area (Å²) in [5.74, 6) is -0.401. The topological polar surface area (TPSA) is 93.2 Å². The Morgan fingerprint density at radius 1 is 1.00 bits per heavy atom. The highest BCUT2D eigenvalue weighted by molar-refractivity contribution is 6.03. The van der Waals surface area contributed by atoms with Crippen LogP contribution in [-0.4, -0.2) is 28.5 Å². The molecule has 2 aromatic carbocycles. The van der Waals surface area contributed by atoms with Crippen LogP contribution in [0.4, 0.5) is 17.2 Å². The van der Waals surface area contributed by atoms with E-state index in [-0.39, 0.29) is 18.2 Å². The average molecular weight is 362 g/mol. The van der Waals surface area contributed by atoms with Crippen LogP contribution in [0.3, 0.4) is 0 Å². The lowest BCUT2D eigenvalue weighted by Crippen LogP contribution is -2.14. The molecule has 0 radical (unpaired) electrons. The molecular formula is C20H18N4O3. The number of ether oxygens (including phenoxy) is 1. The van der Waals surface area contributed by atoms with Gasteiger partial charge in [0.25, 0.3) is 5.91 Å². The monoisotopic (exact) mass is 362 g/mol. The highest BCUT2D eigenvalue weighted by Crippen LogP contribution is 2.21. The normalized spacial score (nSPS) is 10.1. The second kappa shape index (κ2) is 8.57. The van der Waals surface area contributed by atoms with Gasteiger partial charge in [-0.2, -0.15) is 0 Å². The van der Waals surface area contributed by atoms with Crippen molar-refractivity contribution in [3.05, 3.63) is 78.2 Å². The number of anilines is 3. The molecule has 0 aliphatic heterocycles. The Bertz CT molecular complexity index is 945. The average Bonchev–Trinajstić information content (AvgIpc) is 2.69. The standard InChI is InChI=1S/C20H18N4O3/c1-2-27-20(26)15-10-6-7-11-16(15)24-18-12-17(21-13-22-18)19(25)23-14-8-4-3-5-9-14/h3-13H,2H2,1H3,(H,23,25)(H,21,22,24). The Hall–Kier alpha value is -3.74. The molecule has 1 heterocycles. The molecule has 0 atom stereocenters. The smallest absolute Gasteiger partial charge is 0.340 e. The zero-order chi connectivity index (χ0) is 19.1. The van der Waals surface area contributed by atoms with Crippen LogP contribution < -0.4 is 10.6 Å². The van der Waals surface area contributed by atoms with E-state index in [0.717, 1.165) is 0 Å². The Morgan fingerprint density at radius 3 is 2.52 bits per heavy atom. The molecule has 0 spiro atoms. The molecule has 0 fully saturated rings. The van der Waals surface area contributed by atoms with Gasteiger partial charge in [-0.15, -0.1) is 0 Å². The van der Waals surface area contributed by atoms with E-state index in [4.69, 9.17) is 4.74 Å². The third-order valence-electron chi connectivity index (χ3n) is 3.62. The second-order valence-electron chi connectivity index (χ2n) is 5.50. The van der Waals surface area contributed by atoms with E-state index in [0.29, 0.717) is 22.8 Å². The van der Waals surface area contributed by atoms with Gasteiger partial charge in [-0.1, -0.05) is 30.3 Å². The van der Waals surface area contributed by atoms with Crippen molar-refractivity contribution in [1.29, 1.82) is 0 Å². The van der Waals surface area contributed by atoms with Crippen molar-refractivity contribution >= 4 is 29.1 Å². The highest BCUT2D eigenvalue weighted by Gasteiger charge is 2.14. The molecule has 2 N–H and O–H groups in total. The van der Waals surface area contributed by atoms with Gasteiger partial charge in [-0.25, -0.2) is 14.8 Å². The molecule has 0 saturated carbocycles. The Balaban J connectivity index is 1.79. The van der Waals surface area contributed by atoms with Crippen molar-refractivity contribution in [2.45, 2.75) is 6.92 Å².